The van der Waals surface area contributed by atoms with Crippen molar-refractivity contribution in [2.24, 2.45) is 11.5 Å². The lowest BCUT2D eigenvalue weighted by Gasteiger charge is -2.31. The zero-order valence-corrected chi connectivity index (χ0v) is 20.3. The normalized spacial score (nSPS) is 20.2. The first-order chi connectivity index (χ1) is 16.1. The number of nitrogens with two attached hydrogens (primary N) is 2. The van der Waals surface area contributed by atoms with Gasteiger partial charge in [-0.25, -0.2) is 4.79 Å². The molecule has 34 heavy (non-hydrogen) atoms. The fraction of sp³-hybridized carbons (Fsp3) is 0.591. The lowest BCUT2D eigenvalue weighted by atomic mass is 10.1. The quantitative estimate of drug-likeness (QED) is 0.146. The summed E-state index contributed by atoms with van der Waals surface area (Å²) in [5, 5.41) is 22.9. The molecule has 0 spiro atoms. The molecular weight excluding hydrogens is 463 g/mol. The highest BCUT2D eigenvalue weighted by Gasteiger charge is 2.42. The number of unbranched alkanes of at least 4 members (excludes halogenated alkanes) is 1. The van der Waals surface area contributed by atoms with E-state index in [0.717, 1.165) is 0 Å². The van der Waals surface area contributed by atoms with Crippen LogP contribution in [0.4, 0.5) is 0 Å². The topological polar surface area (TPSA) is 185 Å². The third-order valence-corrected chi connectivity index (χ3v) is 7.27. The molecule has 0 radical (unpaired) electrons. The summed E-state index contributed by atoms with van der Waals surface area (Å²) in [6.07, 6.45) is 0.938. The molecule has 2 rings (SSSR count). The summed E-state index contributed by atoms with van der Waals surface area (Å²) >= 11 is 0. The second-order valence-corrected chi connectivity index (χ2v) is 10.1. The zero-order valence-electron chi connectivity index (χ0n) is 19.3. The smallest absolute Gasteiger partial charge is 0.326 e. The monoisotopic (exact) mass is 498 g/mol. The van der Waals surface area contributed by atoms with E-state index >= 15 is 0 Å². The van der Waals surface area contributed by atoms with Crippen molar-refractivity contribution >= 4 is 25.8 Å². The first-order valence-corrected chi connectivity index (χ1v) is 12.7. The summed E-state index contributed by atoms with van der Waals surface area (Å²) in [5.41, 5.74) is 9.66. The van der Waals surface area contributed by atoms with E-state index in [2.05, 4.69) is 5.32 Å². The molecule has 1 aliphatic heterocycles. The van der Waals surface area contributed by atoms with Gasteiger partial charge in [0.15, 0.2) is 0 Å². The molecule has 0 saturated carbocycles. The van der Waals surface area contributed by atoms with Gasteiger partial charge in [-0.05, 0) is 44.7 Å². The van der Waals surface area contributed by atoms with Gasteiger partial charge in [0.2, 0.25) is 19.4 Å². The number of carboxylic acids is 1. The van der Waals surface area contributed by atoms with Crippen molar-refractivity contribution in [1.29, 1.82) is 0 Å². The molecule has 7 N–H and O–H groups in total. The highest BCUT2D eigenvalue weighted by molar-refractivity contribution is 7.40. The number of nitrogens with zero attached hydrogens (tertiary/aromatic N) is 1. The minimum absolute atomic E-state index is 0.241. The zero-order chi connectivity index (χ0) is 25.3. The molecule has 1 saturated heterocycles. The van der Waals surface area contributed by atoms with Crippen LogP contribution in [0.1, 0.15) is 44.6 Å². The molecule has 0 aromatic heterocycles. The largest absolute Gasteiger partial charge is 0.480 e. The van der Waals surface area contributed by atoms with Gasteiger partial charge in [0.25, 0.3) is 5.91 Å². The summed E-state index contributed by atoms with van der Waals surface area (Å²) in [5.74, 6) is -2.47. The Hall–Kier alpha value is -2.30. The van der Waals surface area contributed by atoms with Crippen molar-refractivity contribution < 1.29 is 33.7 Å². The molecule has 5 atom stereocenters. The lowest BCUT2D eigenvalue weighted by Crippen LogP contribution is -2.53. The van der Waals surface area contributed by atoms with E-state index in [9.17, 15) is 29.2 Å². The van der Waals surface area contributed by atoms with Gasteiger partial charge in [-0.3, -0.25) is 14.2 Å². The van der Waals surface area contributed by atoms with Crippen LogP contribution in [0.3, 0.4) is 0 Å². The van der Waals surface area contributed by atoms with Crippen molar-refractivity contribution in [2.45, 2.75) is 69.1 Å². The SMILES string of the molecule is CC(O[PH](=O)[C@@](O)(Cc1ccccc1)NC(=O)[C@@H](N)CCCCN)C(=O)N1CCC[C@H]1C(=O)O. The fourth-order valence-electron chi connectivity index (χ4n) is 3.82. The Bertz CT molecular complexity index is 872. The first kappa shape index (κ1) is 27.9. The van der Waals surface area contributed by atoms with Crippen molar-refractivity contribution in [3.63, 3.8) is 0 Å². The van der Waals surface area contributed by atoms with Gasteiger partial charge in [0, 0.05) is 13.0 Å². The molecule has 2 amide bonds. The van der Waals surface area contributed by atoms with E-state index in [4.69, 9.17) is 16.0 Å². The summed E-state index contributed by atoms with van der Waals surface area (Å²) < 4.78 is 18.6. The van der Waals surface area contributed by atoms with Gasteiger partial charge in [-0.1, -0.05) is 36.8 Å². The Balaban J connectivity index is 2.15. The van der Waals surface area contributed by atoms with Crippen molar-refractivity contribution in [1.82, 2.24) is 10.2 Å². The van der Waals surface area contributed by atoms with Gasteiger partial charge >= 0.3 is 5.97 Å². The van der Waals surface area contributed by atoms with E-state index in [1.165, 1.54) is 11.8 Å². The molecule has 1 aromatic rings. The maximum Gasteiger partial charge on any atom is 0.326 e. The number of benzene rings is 1. The number of carboxylic acid groups (broad SMARTS) is 1. The number of aliphatic hydroxyl groups is 1. The molecule has 12 heteroatoms. The number of rotatable bonds is 13. The number of likely N-dealkylation sites (tertiary alicyclic amines) is 1. The summed E-state index contributed by atoms with van der Waals surface area (Å²) in [7, 11) is -3.48. The predicted molar refractivity (Wildman–Crippen MR) is 126 cm³/mol. The van der Waals surface area contributed by atoms with Crippen LogP contribution < -0.4 is 16.8 Å². The first-order valence-electron chi connectivity index (χ1n) is 11.4. The van der Waals surface area contributed by atoms with E-state index < -0.39 is 49.5 Å². The minimum Gasteiger partial charge on any atom is -0.480 e. The van der Waals surface area contributed by atoms with E-state index in [1.54, 1.807) is 30.3 Å². The fourth-order valence-corrected chi connectivity index (χ4v) is 5.01. The predicted octanol–water partition coefficient (Wildman–Crippen LogP) is 0.403. The third-order valence-electron chi connectivity index (χ3n) is 5.73. The Labute approximate surface area is 199 Å². The number of carbonyl (C=O) groups is 3. The van der Waals surface area contributed by atoms with Crippen LogP contribution in [0, 0.1) is 0 Å². The molecule has 190 valence electrons. The highest BCUT2D eigenvalue weighted by Crippen LogP contribution is 2.40. The van der Waals surface area contributed by atoms with Crippen molar-refractivity contribution in [2.75, 3.05) is 13.1 Å². The number of hydrogen-bond donors (Lipinski definition) is 5. The molecule has 1 aromatic carbocycles. The average Bonchev–Trinajstić information content (AvgIpc) is 3.29. The lowest BCUT2D eigenvalue weighted by molar-refractivity contribution is -0.151. The molecule has 2 unspecified atom stereocenters. The van der Waals surface area contributed by atoms with Gasteiger partial charge < -0.3 is 36.4 Å². The Morgan fingerprint density at radius 1 is 1.29 bits per heavy atom. The Morgan fingerprint density at radius 2 is 1.97 bits per heavy atom. The molecule has 11 nitrogen and oxygen atoms in total. The second kappa shape index (κ2) is 13.0. The molecule has 0 aliphatic carbocycles. The van der Waals surface area contributed by atoms with Crippen LogP contribution in [0.5, 0.6) is 0 Å². The summed E-state index contributed by atoms with van der Waals surface area (Å²) in [4.78, 5) is 38.0. The molecular formula is C22H35N4O7P. The maximum atomic E-state index is 13.2. The third kappa shape index (κ3) is 7.61. The number of hydrogen-bond acceptors (Lipinski definition) is 8. The van der Waals surface area contributed by atoms with Gasteiger partial charge in [0.05, 0.1) is 6.04 Å². The van der Waals surface area contributed by atoms with Crippen LogP contribution in [0.2, 0.25) is 0 Å². The van der Waals surface area contributed by atoms with Crippen LogP contribution in [0.25, 0.3) is 0 Å². The molecule has 1 fully saturated rings. The average molecular weight is 499 g/mol. The van der Waals surface area contributed by atoms with Gasteiger partial charge in [-0.2, -0.15) is 0 Å². The van der Waals surface area contributed by atoms with Gasteiger partial charge in [-0.15, -0.1) is 0 Å². The maximum absolute atomic E-state index is 13.2. The standard InChI is InChI=1S/C22H35N4O7P/c1-15(20(28)26-13-7-11-18(26)21(29)30)33-34(32)22(31,14-16-8-3-2-4-9-16)25-19(27)17(24)10-5-6-12-23/h2-4,8-9,15,17-18,31,34H,5-7,10-14,23-24H2,1H3,(H,25,27)(H,29,30)/t15?,17-,18-,22-/m0/s1. The number of amides is 2. The summed E-state index contributed by atoms with van der Waals surface area (Å²) in [6.45, 7) is 2.04. The van der Waals surface area contributed by atoms with Crippen LogP contribution >= 0.6 is 8.03 Å². The number of aliphatic carboxylic acids is 1. The van der Waals surface area contributed by atoms with Crippen molar-refractivity contribution in [3.8, 4) is 0 Å². The van der Waals surface area contributed by atoms with Crippen LogP contribution in [-0.4, -0.2) is 69.6 Å². The molecule has 0 bridgehead atoms. The Kier molecular flexibility index (Phi) is 10.7. The highest BCUT2D eigenvalue weighted by atomic mass is 31.1. The van der Waals surface area contributed by atoms with Crippen LogP contribution in [0.15, 0.2) is 30.3 Å². The minimum atomic E-state index is -3.48. The number of carbonyl (C=O) groups excluding carboxylic acids is 2. The van der Waals surface area contributed by atoms with E-state index in [1.807, 2.05) is 0 Å². The summed E-state index contributed by atoms with van der Waals surface area (Å²) in [6, 6.07) is 6.65. The van der Waals surface area contributed by atoms with Gasteiger partial charge in [0.1, 0.15) is 12.1 Å². The molecule has 1 aliphatic rings. The van der Waals surface area contributed by atoms with Crippen LogP contribution in [-0.2, 0) is 29.9 Å². The Morgan fingerprint density at radius 3 is 2.59 bits per heavy atom. The molecule has 1 heterocycles. The van der Waals surface area contributed by atoms with Crippen molar-refractivity contribution in [3.05, 3.63) is 35.9 Å². The second-order valence-electron chi connectivity index (χ2n) is 8.48. The van der Waals surface area contributed by atoms with E-state index in [-0.39, 0.29) is 13.0 Å². The van der Waals surface area contributed by atoms with E-state index in [0.29, 0.717) is 44.2 Å². The number of nitrogens with one attached hydrogen (secondary N) is 1.